The minimum atomic E-state index is -1.06. The van der Waals surface area contributed by atoms with Gasteiger partial charge >= 0.3 is 23.9 Å². The molecule has 0 saturated carbocycles. The molecule has 0 N–H and O–H groups in total. The largest absolute Gasteiger partial charge is 0.492 e. The van der Waals surface area contributed by atoms with Crippen LogP contribution >= 0.6 is 11.6 Å². The zero-order valence-corrected chi connectivity index (χ0v) is 31.3. The van der Waals surface area contributed by atoms with Gasteiger partial charge < -0.3 is 23.7 Å². The van der Waals surface area contributed by atoms with E-state index in [1.807, 2.05) is 37.3 Å². The van der Waals surface area contributed by atoms with Gasteiger partial charge in [-0.1, -0.05) is 88.6 Å². The Morgan fingerprint density at radius 1 is 0.566 bits per heavy atom. The second-order valence-electron chi connectivity index (χ2n) is 12.6. The Hall–Kier alpha value is -5.15. The van der Waals surface area contributed by atoms with Crippen LogP contribution in [0, 0.1) is 0 Å². The van der Waals surface area contributed by atoms with Crippen molar-refractivity contribution in [3.63, 3.8) is 0 Å². The number of carbonyl (C=O) groups excluding carboxylic acids is 4. The van der Waals surface area contributed by atoms with E-state index in [0.717, 1.165) is 43.2 Å². The summed E-state index contributed by atoms with van der Waals surface area (Å²) in [7, 11) is 0. The van der Waals surface area contributed by atoms with Crippen LogP contribution in [0.4, 0.5) is 0 Å². The average molecular weight is 743 g/mol. The molecule has 4 aromatic carbocycles. The van der Waals surface area contributed by atoms with Crippen LogP contribution in [-0.2, 0) is 14.3 Å². The number of esters is 4. The Bertz CT molecular complexity index is 1780. The van der Waals surface area contributed by atoms with Gasteiger partial charge in [-0.05, 0) is 104 Å². The Kier molecular flexibility index (Phi) is 16.4. The summed E-state index contributed by atoms with van der Waals surface area (Å²) < 4.78 is 27.1. The van der Waals surface area contributed by atoms with Crippen LogP contribution < -0.4 is 14.2 Å². The SMILES string of the molecule is CCCCCCCCOc1ccc(-c2ccc(C(=O)Oc3ccc(C(=O)Oc4ccc(C(=O)OC(C)C(=O)OCCCCC)cc4)cc3)cc2)cc1Cl. The zero-order valence-electron chi connectivity index (χ0n) is 30.6. The van der Waals surface area contributed by atoms with Crippen LogP contribution in [0.1, 0.15) is 110 Å². The molecular weight excluding hydrogens is 696 g/mol. The highest BCUT2D eigenvalue weighted by molar-refractivity contribution is 6.32. The lowest BCUT2D eigenvalue weighted by Gasteiger charge is -2.13. The maximum Gasteiger partial charge on any atom is 0.347 e. The van der Waals surface area contributed by atoms with E-state index in [9.17, 15) is 19.2 Å². The van der Waals surface area contributed by atoms with E-state index >= 15 is 0 Å². The average Bonchev–Trinajstić information content (AvgIpc) is 3.17. The minimum absolute atomic E-state index is 0.179. The highest BCUT2D eigenvalue weighted by Crippen LogP contribution is 2.31. The van der Waals surface area contributed by atoms with Crippen molar-refractivity contribution in [2.75, 3.05) is 13.2 Å². The van der Waals surface area contributed by atoms with Crippen molar-refractivity contribution in [1.29, 1.82) is 0 Å². The van der Waals surface area contributed by atoms with Gasteiger partial charge in [0.05, 0.1) is 34.9 Å². The third-order valence-corrected chi connectivity index (χ3v) is 8.65. The second-order valence-corrected chi connectivity index (χ2v) is 13.0. The number of rotatable bonds is 20. The fourth-order valence-corrected chi connectivity index (χ4v) is 5.46. The van der Waals surface area contributed by atoms with Crippen molar-refractivity contribution in [2.45, 2.75) is 84.7 Å². The third-order valence-electron chi connectivity index (χ3n) is 8.35. The lowest BCUT2D eigenvalue weighted by molar-refractivity contribution is -0.153. The summed E-state index contributed by atoms with van der Waals surface area (Å²) in [6, 6.07) is 24.3. The van der Waals surface area contributed by atoms with Crippen LogP contribution in [-0.4, -0.2) is 43.2 Å². The first-order valence-corrected chi connectivity index (χ1v) is 18.6. The van der Waals surface area contributed by atoms with Gasteiger partial charge in [0.25, 0.3) is 0 Å². The maximum atomic E-state index is 12.8. The quantitative estimate of drug-likeness (QED) is 0.0496. The van der Waals surface area contributed by atoms with Crippen LogP contribution in [0.25, 0.3) is 11.1 Å². The normalized spacial score (nSPS) is 11.3. The number of halogens is 1. The lowest BCUT2D eigenvalue weighted by atomic mass is 10.0. The molecule has 1 unspecified atom stereocenters. The van der Waals surface area contributed by atoms with Gasteiger partial charge in [0, 0.05) is 0 Å². The van der Waals surface area contributed by atoms with Crippen molar-refractivity contribution in [1.82, 2.24) is 0 Å². The molecule has 4 aromatic rings. The summed E-state index contributed by atoms with van der Waals surface area (Å²) in [4.78, 5) is 50.1. The molecule has 0 spiro atoms. The fraction of sp³-hybridized carbons (Fsp3) is 0.349. The summed E-state index contributed by atoms with van der Waals surface area (Å²) in [5.41, 5.74) is 2.53. The molecule has 0 aliphatic heterocycles. The van der Waals surface area contributed by atoms with Gasteiger partial charge in [-0.2, -0.15) is 0 Å². The van der Waals surface area contributed by atoms with Gasteiger partial charge in [-0.25, -0.2) is 19.2 Å². The summed E-state index contributed by atoms with van der Waals surface area (Å²) in [6.07, 6.45) is 8.77. The first-order valence-electron chi connectivity index (χ1n) is 18.2. The minimum Gasteiger partial charge on any atom is -0.492 e. The molecule has 0 fully saturated rings. The monoisotopic (exact) mass is 742 g/mol. The molecule has 10 heteroatoms. The molecular formula is C43H47ClO9. The number of carbonyl (C=O) groups is 4. The molecule has 9 nitrogen and oxygen atoms in total. The standard InChI is InChI=1S/C43H47ClO9/c1-4-6-8-9-10-12-27-49-39-26-21-35(29-38(39)44)31-13-15-32(16-14-31)42(47)52-37-24-19-34(20-25-37)43(48)53-36-22-17-33(18-23-36)41(46)51-30(3)40(45)50-28-11-7-5-2/h13-26,29-30H,4-12,27-28H2,1-3H3. The molecule has 0 aliphatic rings. The van der Waals surface area contributed by atoms with Gasteiger partial charge in [0.2, 0.25) is 0 Å². The first kappa shape index (κ1) is 40.6. The van der Waals surface area contributed by atoms with Gasteiger partial charge in [-0.3, -0.25) is 0 Å². The number of unbranched alkanes of at least 4 members (excludes halogenated alkanes) is 7. The van der Waals surface area contributed by atoms with Crippen molar-refractivity contribution < 1.29 is 42.9 Å². The van der Waals surface area contributed by atoms with E-state index in [0.29, 0.717) is 22.9 Å². The predicted molar refractivity (Wildman–Crippen MR) is 204 cm³/mol. The van der Waals surface area contributed by atoms with E-state index in [-0.39, 0.29) is 29.2 Å². The third kappa shape index (κ3) is 13.1. The van der Waals surface area contributed by atoms with E-state index in [2.05, 4.69) is 6.92 Å². The molecule has 0 saturated heterocycles. The van der Waals surface area contributed by atoms with Crippen molar-refractivity contribution in [3.8, 4) is 28.4 Å². The molecule has 0 heterocycles. The van der Waals surface area contributed by atoms with Crippen molar-refractivity contribution in [3.05, 3.63) is 113 Å². The van der Waals surface area contributed by atoms with E-state index in [4.69, 9.17) is 35.3 Å². The Morgan fingerprint density at radius 2 is 1.04 bits per heavy atom. The van der Waals surface area contributed by atoms with E-state index in [1.165, 1.54) is 81.1 Å². The molecule has 0 aliphatic carbocycles. The highest BCUT2D eigenvalue weighted by atomic mass is 35.5. The van der Waals surface area contributed by atoms with Crippen LogP contribution in [0.3, 0.4) is 0 Å². The van der Waals surface area contributed by atoms with Crippen LogP contribution in [0.2, 0.25) is 5.02 Å². The maximum absolute atomic E-state index is 12.8. The van der Waals surface area contributed by atoms with Gasteiger partial charge in [0.15, 0.2) is 6.10 Å². The molecule has 1 atom stereocenters. The Labute approximate surface area is 316 Å². The predicted octanol–water partition coefficient (Wildman–Crippen LogP) is 10.5. The summed E-state index contributed by atoms with van der Waals surface area (Å²) >= 11 is 6.50. The van der Waals surface area contributed by atoms with Crippen LogP contribution in [0.5, 0.6) is 17.2 Å². The number of hydrogen-bond acceptors (Lipinski definition) is 9. The first-order chi connectivity index (χ1) is 25.7. The molecule has 53 heavy (non-hydrogen) atoms. The molecule has 280 valence electrons. The topological polar surface area (TPSA) is 114 Å². The molecule has 0 bridgehead atoms. The zero-order chi connectivity index (χ0) is 38.0. The molecule has 0 amide bonds. The summed E-state index contributed by atoms with van der Waals surface area (Å²) in [5.74, 6) is -1.42. The van der Waals surface area contributed by atoms with Crippen LogP contribution in [0.15, 0.2) is 91.0 Å². The molecule has 0 radical (unpaired) electrons. The van der Waals surface area contributed by atoms with Crippen molar-refractivity contribution in [2.24, 2.45) is 0 Å². The van der Waals surface area contributed by atoms with Gasteiger partial charge in [0.1, 0.15) is 17.2 Å². The molecule has 0 aromatic heterocycles. The lowest BCUT2D eigenvalue weighted by Crippen LogP contribution is -2.26. The smallest absolute Gasteiger partial charge is 0.347 e. The van der Waals surface area contributed by atoms with Gasteiger partial charge in [-0.15, -0.1) is 0 Å². The van der Waals surface area contributed by atoms with E-state index in [1.54, 1.807) is 12.1 Å². The second kappa shape index (κ2) is 21.4. The number of benzene rings is 4. The van der Waals surface area contributed by atoms with E-state index < -0.39 is 30.0 Å². The Morgan fingerprint density at radius 3 is 1.60 bits per heavy atom. The summed E-state index contributed by atoms with van der Waals surface area (Å²) in [5, 5.41) is 0.531. The highest BCUT2D eigenvalue weighted by Gasteiger charge is 2.21. The number of ether oxygens (including phenoxy) is 5. The fourth-order valence-electron chi connectivity index (χ4n) is 5.23. The Balaban J connectivity index is 1.23. The molecule has 4 rings (SSSR count). The number of hydrogen-bond donors (Lipinski definition) is 0. The van der Waals surface area contributed by atoms with Crippen molar-refractivity contribution >= 4 is 35.5 Å². The summed E-state index contributed by atoms with van der Waals surface area (Å²) in [6.45, 7) is 6.61.